The second-order valence-electron chi connectivity index (χ2n) is 5.28. The number of carbonyl (C=O) groups excluding carboxylic acids is 1. The van der Waals surface area contributed by atoms with Gasteiger partial charge in [0.25, 0.3) is 0 Å². The molecule has 1 aromatic rings. The average molecular weight is 267 g/mol. The zero-order chi connectivity index (χ0) is 14.4. The average Bonchev–Trinajstić information content (AvgIpc) is 2.71. The molecule has 0 saturated carbocycles. The van der Waals surface area contributed by atoms with E-state index in [1.54, 1.807) is 13.3 Å². The van der Waals surface area contributed by atoms with Gasteiger partial charge in [-0.2, -0.15) is 0 Å². The monoisotopic (exact) mass is 267 g/mol. The summed E-state index contributed by atoms with van der Waals surface area (Å²) in [6, 6.07) is 0.245. The molecular weight excluding hydrogens is 242 g/mol. The van der Waals surface area contributed by atoms with Gasteiger partial charge < -0.3 is 15.0 Å². The van der Waals surface area contributed by atoms with E-state index >= 15 is 0 Å². The van der Waals surface area contributed by atoms with Crippen molar-refractivity contribution >= 4 is 11.8 Å². The van der Waals surface area contributed by atoms with Crippen molar-refractivity contribution in [3.8, 4) is 0 Å². The summed E-state index contributed by atoms with van der Waals surface area (Å²) >= 11 is 0. The van der Waals surface area contributed by atoms with E-state index in [-0.39, 0.29) is 11.7 Å². The van der Waals surface area contributed by atoms with Gasteiger partial charge in [0.2, 0.25) is 0 Å². The van der Waals surface area contributed by atoms with Crippen molar-refractivity contribution < 1.29 is 9.53 Å². The van der Waals surface area contributed by atoms with Crippen molar-refractivity contribution in [1.82, 2.24) is 9.55 Å². The van der Waals surface area contributed by atoms with E-state index in [1.165, 1.54) is 6.42 Å². The van der Waals surface area contributed by atoms with Crippen molar-refractivity contribution in [1.29, 1.82) is 0 Å². The van der Waals surface area contributed by atoms with Gasteiger partial charge >= 0.3 is 5.97 Å². The third kappa shape index (κ3) is 4.26. The quantitative estimate of drug-likeness (QED) is 0.771. The standard InChI is InChI=1S/C14H25N3O2/c1-5-19-14(18)12-13(15)17(9-16-12)11(4)8-6-7-10(2)3/h9-11H,5-8,15H2,1-4H3. The highest BCUT2D eigenvalue weighted by atomic mass is 16.5. The molecule has 19 heavy (non-hydrogen) atoms. The first kappa shape index (κ1) is 15.5. The Morgan fingerprint density at radius 1 is 1.42 bits per heavy atom. The lowest BCUT2D eigenvalue weighted by Gasteiger charge is -2.15. The maximum absolute atomic E-state index is 11.6. The number of carbonyl (C=O) groups is 1. The Labute approximate surface area is 115 Å². The number of aromatic nitrogens is 2. The molecular formula is C14H25N3O2. The molecule has 0 fully saturated rings. The number of hydrogen-bond donors (Lipinski definition) is 1. The number of esters is 1. The molecule has 0 bridgehead atoms. The Bertz CT molecular complexity index is 413. The van der Waals surface area contributed by atoms with Gasteiger partial charge in [-0.3, -0.25) is 0 Å². The molecule has 0 saturated heterocycles. The van der Waals surface area contributed by atoms with Crippen LogP contribution in [0.15, 0.2) is 6.33 Å². The van der Waals surface area contributed by atoms with Crippen LogP contribution in [0.4, 0.5) is 5.82 Å². The normalized spacial score (nSPS) is 12.7. The Kier molecular flexibility index (Phi) is 5.86. The molecule has 1 atom stereocenters. The van der Waals surface area contributed by atoms with Crippen LogP contribution in [0.3, 0.4) is 0 Å². The summed E-state index contributed by atoms with van der Waals surface area (Å²) in [5, 5.41) is 0. The minimum absolute atomic E-state index is 0.220. The maximum atomic E-state index is 11.6. The maximum Gasteiger partial charge on any atom is 0.360 e. The zero-order valence-electron chi connectivity index (χ0n) is 12.3. The second kappa shape index (κ2) is 7.16. The van der Waals surface area contributed by atoms with Gasteiger partial charge in [0.15, 0.2) is 5.69 Å². The van der Waals surface area contributed by atoms with E-state index < -0.39 is 5.97 Å². The number of nitrogens with two attached hydrogens (primary N) is 1. The first-order chi connectivity index (χ1) is 8.97. The highest BCUT2D eigenvalue weighted by molar-refractivity contribution is 5.92. The Hall–Kier alpha value is -1.52. The lowest BCUT2D eigenvalue weighted by molar-refractivity contribution is 0.0521. The van der Waals surface area contributed by atoms with Crippen molar-refractivity contribution in [3.63, 3.8) is 0 Å². The van der Waals surface area contributed by atoms with Gasteiger partial charge in [0.05, 0.1) is 12.9 Å². The molecule has 0 amide bonds. The number of nitrogens with zero attached hydrogens (tertiary/aromatic N) is 2. The number of rotatable bonds is 7. The van der Waals surface area contributed by atoms with E-state index in [0.29, 0.717) is 18.3 Å². The molecule has 0 spiro atoms. The Morgan fingerprint density at radius 3 is 2.68 bits per heavy atom. The molecule has 0 aliphatic heterocycles. The summed E-state index contributed by atoms with van der Waals surface area (Å²) in [5.41, 5.74) is 6.19. The first-order valence-corrected chi connectivity index (χ1v) is 6.96. The summed E-state index contributed by atoms with van der Waals surface area (Å²) in [6.07, 6.45) is 5.00. The van der Waals surface area contributed by atoms with E-state index in [1.807, 2.05) is 4.57 Å². The predicted octanol–water partition coefficient (Wildman–Crippen LogP) is 3.03. The molecule has 1 aromatic heterocycles. The molecule has 2 N–H and O–H groups in total. The molecule has 5 heteroatoms. The molecule has 0 aliphatic carbocycles. The summed E-state index contributed by atoms with van der Waals surface area (Å²) in [7, 11) is 0. The van der Waals surface area contributed by atoms with Crippen molar-refractivity contribution in [2.24, 2.45) is 5.92 Å². The Balaban J connectivity index is 2.66. The lowest BCUT2D eigenvalue weighted by atomic mass is 10.0. The van der Waals surface area contributed by atoms with Gasteiger partial charge in [-0.05, 0) is 26.2 Å². The summed E-state index contributed by atoms with van der Waals surface area (Å²) in [5.74, 6) is 0.658. The SMILES string of the molecule is CCOC(=O)c1ncn(C(C)CCCC(C)C)c1N. The van der Waals surface area contributed by atoms with Crippen LogP contribution >= 0.6 is 0 Å². The highest BCUT2D eigenvalue weighted by Gasteiger charge is 2.19. The summed E-state index contributed by atoms with van der Waals surface area (Å²) in [4.78, 5) is 15.7. The highest BCUT2D eigenvalue weighted by Crippen LogP contribution is 2.22. The van der Waals surface area contributed by atoms with Crippen LogP contribution in [0.1, 0.15) is 63.5 Å². The van der Waals surface area contributed by atoms with Crippen LogP contribution < -0.4 is 5.73 Å². The van der Waals surface area contributed by atoms with E-state index in [4.69, 9.17) is 10.5 Å². The second-order valence-corrected chi connectivity index (χ2v) is 5.28. The molecule has 108 valence electrons. The molecule has 1 unspecified atom stereocenters. The number of ether oxygens (including phenoxy) is 1. The van der Waals surface area contributed by atoms with Crippen molar-refractivity contribution in [3.05, 3.63) is 12.0 Å². The topological polar surface area (TPSA) is 70.1 Å². The van der Waals surface area contributed by atoms with Crippen molar-refractivity contribution in [2.45, 2.75) is 53.0 Å². The number of hydrogen-bond acceptors (Lipinski definition) is 4. The first-order valence-electron chi connectivity index (χ1n) is 6.96. The van der Waals surface area contributed by atoms with Crippen LogP contribution in [0.5, 0.6) is 0 Å². The van der Waals surface area contributed by atoms with E-state index in [0.717, 1.165) is 12.8 Å². The fourth-order valence-electron chi connectivity index (χ4n) is 2.04. The Morgan fingerprint density at radius 2 is 2.11 bits per heavy atom. The van der Waals surface area contributed by atoms with Gasteiger partial charge in [0.1, 0.15) is 5.82 Å². The zero-order valence-corrected chi connectivity index (χ0v) is 12.3. The molecule has 1 heterocycles. The third-order valence-corrected chi connectivity index (χ3v) is 3.18. The smallest absolute Gasteiger partial charge is 0.360 e. The lowest BCUT2D eigenvalue weighted by Crippen LogP contribution is -2.12. The molecule has 1 rings (SSSR count). The van der Waals surface area contributed by atoms with Crippen LogP contribution in [0, 0.1) is 5.92 Å². The van der Waals surface area contributed by atoms with Crippen LogP contribution in [-0.4, -0.2) is 22.1 Å². The molecule has 0 aliphatic rings. The van der Waals surface area contributed by atoms with Crippen LogP contribution in [0.2, 0.25) is 0 Å². The fourth-order valence-corrected chi connectivity index (χ4v) is 2.04. The fraction of sp³-hybridized carbons (Fsp3) is 0.714. The van der Waals surface area contributed by atoms with Crippen LogP contribution in [0.25, 0.3) is 0 Å². The minimum Gasteiger partial charge on any atom is -0.461 e. The third-order valence-electron chi connectivity index (χ3n) is 3.18. The van der Waals surface area contributed by atoms with Gasteiger partial charge in [-0.15, -0.1) is 0 Å². The minimum atomic E-state index is -0.451. The predicted molar refractivity (Wildman–Crippen MR) is 76.0 cm³/mol. The van der Waals surface area contributed by atoms with Crippen molar-refractivity contribution in [2.75, 3.05) is 12.3 Å². The van der Waals surface area contributed by atoms with Gasteiger partial charge in [-0.25, -0.2) is 9.78 Å². The summed E-state index contributed by atoms with van der Waals surface area (Å²) in [6.45, 7) is 8.62. The molecule has 0 radical (unpaired) electrons. The van der Waals surface area contributed by atoms with Gasteiger partial charge in [0, 0.05) is 6.04 Å². The van der Waals surface area contributed by atoms with E-state index in [2.05, 4.69) is 25.8 Å². The number of anilines is 1. The van der Waals surface area contributed by atoms with E-state index in [9.17, 15) is 4.79 Å². The number of imidazole rings is 1. The summed E-state index contributed by atoms with van der Waals surface area (Å²) < 4.78 is 6.77. The van der Waals surface area contributed by atoms with Gasteiger partial charge in [-0.1, -0.05) is 26.7 Å². The largest absolute Gasteiger partial charge is 0.461 e. The number of nitrogen functional groups attached to an aromatic ring is 1. The van der Waals surface area contributed by atoms with Crippen LogP contribution in [-0.2, 0) is 4.74 Å². The molecule has 5 nitrogen and oxygen atoms in total. The molecule has 0 aromatic carbocycles.